The van der Waals surface area contributed by atoms with Gasteiger partial charge in [-0.3, -0.25) is 0 Å². The van der Waals surface area contributed by atoms with Gasteiger partial charge < -0.3 is 20.1 Å². The molecule has 0 saturated heterocycles. The molecule has 6 heteroatoms. The van der Waals surface area contributed by atoms with Crippen LogP contribution < -0.4 is 15.4 Å². The number of carbonyl (C=O) groups excluding carboxylic acids is 2. The summed E-state index contributed by atoms with van der Waals surface area (Å²) in [5.41, 5.74) is 4.04. The van der Waals surface area contributed by atoms with Crippen molar-refractivity contribution in [2.24, 2.45) is 0 Å². The van der Waals surface area contributed by atoms with E-state index in [2.05, 4.69) is 16.7 Å². The van der Waals surface area contributed by atoms with Gasteiger partial charge in [0.15, 0.2) is 0 Å². The third-order valence-corrected chi connectivity index (χ3v) is 4.65. The highest BCUT2D eigenvalue weighted by Crippen LogP contribution is 2.31. The predicted octanol–water partition coefficient (Wildman–Crippen LogP) is 4.68. The molecule has 152 valence electrons. The molecule has 0 spiro atoms. The van der Waals surface area contributed by atoms with Crippen molar-refractivity contribution in [2.75, 3.05) is 6.61 Å². The van der Waals surface area contributed by atoms with Crippen molar-refractivity contribution in [1.29, 1.82) is 0 Å². The van der Waals surface area contributed by atoms with Crippen molar-refractivity contribution in [3.63, 3.8) is 0 Å². The summed E-state index contributed by atoms with van der Waals surface area (Å²) in [6, 6.07) is 12.5. The Kier molecular flexibility index (Phi) is 6.22. The van der Waals surface area contributed by atoms with Crippen molar-refractivity contribution in [1.82, 2.24) is 10.6 Å². The van der Waals surface area contributed by atoms with Crippen LogP contribution >= 0.6 is 0 Å². The molecule has 0 saturated carbocycles. The molecule has 2 aromatic rings. The molecule has 1 unspecified atom stereocenters. The zero-order valence-corrected chi connectivity index (χ0v) is 17.2. The van der Waals surface area contributed by atoms with E-state index in [1.165, 1.54) is 0 Å². The number of rotatable bonds is 6. The first kappa shape index (κ1) is 20.5. The quantitative estimate of drug-likeness (QED) is 0.698. The standard InChI is InChI=1S/C23H26N2O4/c1-5-19-20(22(26)28-6-2)21(25-23(27)24-19)16-7-9-17(10-8-16)29-18-12-14(3)11-15(4)13-18/h7-13,21H,5-6H2,1-4H3,(H2,24,25,27). The Bertz CT molecular complexity index is 928. The molecule has 0 aliphatic carbocycles. The van der Waals surface area contributed by atoms with Gasteiger partial charge in [0, 0.05) is 5.70 Å². The minimum atomic E-state index is -0.576. The number of benzene rings is 2. The number of hydrogen-bond acceptors (Lipinski definition) is 4. The number of hydrogen-bond donors (Lipinski definition) is 2. The first-order chi connectivity index (χ1) is 13.9. The number of carbonyl (C=O) groups is 2. The number of allylic oxidation sites excluding steroid dienone is 1. The Morgan fingerprint density at radius 3 is 2.24 bits per heavy atom. The minimum absolute atomic E-state index is 0.267. The van der Waals surface area contributed by atoms with Gasteiger partial charge in [-0.1, -0.05) is 25.1 Å². The Morgan fingerprint density at radius 2 is 1.66 bits per heavy atom. The Balaban J connectivity index is 1.88. The smallest absolute Gasteiger partial charge is 0.338 e. The van der Waals surface area contributed by atoms with E-state index in [9.17, 15) is 9.59 Å². The molecule has 0 fully saturated rings. The van der Waals surface area contributed by atoms with Crippen LogP contribution in [0.15, 0.2) is 53.7 Å². The fraction of sp³-hybridized carbons (Fsp3) is 0.304. The van der Waals surface area contributed by atoms with Gasteiger partial charge in [-0.2, -0.15) is 0 Å². The first-order valence-electron chi connectivity index (χ1n) is 9.75. The number of amides is 2. The molecular formula is C23H26N2O4. The number of esters is 1. The van der Waals surface area contributed by atoms with Crippen molar-refractivity contribution in [2.45, 2.75) is 40.2 Å². The number of nitrogens with one attached hydrogen (secondary N) is 2. The van der Waals surface area contributed by atoms with Crippen LogP contribution in [0.3, 0.4) is 0 Å². The summed E-state index contributed by atoms with van der Waals surface area (Å²) < 4.78 is 11.2. The van der Waals surface area contributed by atoms with E-state index in [4.69, 9.17) is 9.47 Å². The molecule has 0 bridgehead atoms. The van der Waals surface area contributed by atoms with E-state index in [0.717, 1.165) is 22.4 Å². The molecule has 29 heavy (non-hydrogen) atoms. The molecule has 3 rings (SSSR count). The normalized spacial score (nSPS) is 16.1. The highest BCUT2D eigenvalue weighted by atomic mass is 16.5. The molecule has 0 radical (unpaired) electrons. The summed E-state index contributed by atoms with van der Waals surface area (Å²) in [6.07, 6.45) is 0.520. The van der Waals surface area contributed by atoms with Gasteiger partial charge in [0.1, 0.15) is 11.5 Å². The van der Waals surface area contributed by atoms with E-state index < -0.39 is 12.0 Å². The fourth-order valence-electron chi connectivity index (χ4n) is 3.45. The molecular weight excluding hydrogens is 368 g/mol. The largest absolute Gasteiger partial charge is 0.463 e. The molecule has 2 amide bonds. The second-order valence-corrected chi connectivity index (χ2v) is 6.99. The summed E-state index contributed by atoms with van der Waals surface area (Å²) in [7, 11) is 0. The maximum absolute atomic E-state index is 12.5. The maximum atomic E-state index is 12.5. The monoisotopic (exact) mass is 394 g/mol. The van der Waals surface area contributed by atoms with Crippen molar-refractivity contribution in [3.05, 3.63) is 70.4 Å². The highest BCUT2D eigenvalue weighted by molar-refractivity contribution is 5.95. The lowest BCUT2D eigenvalue weighted by Crippen LogP contribution is -2.45. The van der Waals surface area contributed by atoms with Crippen LogP contribution in [-0.2, 0) is 9.53 Å². The van der Waals surface area contributed by atoms with Gasteiger partial charge in [0.25, 0.3) is 0 Å². The van der Waals surface area contributed by atoms with E-state index >= 15 is 0 Å². The second kappa shape index (κ2) is 8.82. The van der Waals surface area contributed by atoms with Crippen molar-refractivity contribution in [3.8, 4) is 11.5 Å². The second-order valence-electron chi connectivity index (χ2n) is 6.99. The van der Waals surface area contributed by atoms with Crippen LogP contribution in [0.1, 0.15) is 43.0 Å². The van der Waals surface area contributed by atoms with Crippen LogP contribution in [0, 0.1) is 13.8 Å². The topological polar surface area (TPSA) is 76.7 Å². The summed E-state index contributed by atoms with van der Waals surface area (Å²) in [6.45, 7) is 7.96. The van der Waals surface area contributed by atoms with Gasteiger partial charge >= 0.3 is 12.0 Å². The summed E-state index contributed by atoms with van der Waals surface area (Å²) in [4.78, 5) is 24.6. The van der Waals surface area contributed by atoms with Gasteiger partial charge in [-0.15, -0.1) is 0 Å². The SMILES string of the molecule is CCOC(=O)C1=C(CC)NC(=O)NC1c1ccc(Oc2cc(C)cc(C)c2)cc1. The molecule has 1 atom stereocenters. The van der Waals surface area contributed by atoms with Crippen LogP contribution in [-0.4, -0.2) is 18.6 Å². The highest BCUT2D eigenvalue weighted by Gasteiger charge is 2.32. The van der Waals surface area contributed by atoms with Crippen molar-refractivity contribution >= 4 is 12.0 Å². The first-order valence-corrected chi connectivity index (χ1v) is 9.75. The average molecular weight is 394 g/mol. The van der Waals surface area contributed by atoms with E-state index in [1.807, 2.05) is 57.2 Å². The van der Waals surface area contributed by atoms with E-state index in [0.29, 0.717) is 23.4 Å². The molecule has 0 aromatic heterocycles. The van der Waals surface area contributed by atoms with Gasteiger partial charge in [-0.25, -0.2) is 9.59 Å². The summed E-state index contributed by atoms with van der Waals surface area (Å²) >= 11 is 0. The van der Waals surface area contributed by atoms with Crippen LogP contribution in [0.2, 0.25) is 0 Å². The molecule has 1 heterocycles. The average Bonchev–Trinajstić information content (AvgIpc) is 2.67. The minimum Gasteiger partial charge on any atom is -0.463 e. The number of aryl methyl sites for hydroxylation is 2. The number of ether oxygens (including phenoxy) is 2. The summed E-state index contributed by atoms with van der Waals surface area (Å²) in [5, 5.41) is 5.53. The lowest BCUT2D eigenvalue weighted by molar-refractivity contribution is -0.139. The molecule has 1 aliphatic rings. The predicted molar refractivity (Wildman–Crippen MR) is 111 cm³/mol. The molecule has 2 aromatic carbocycles. The molecule has 6 nitrogen and oxygen atoms in total. The van der Waals surface area contributed by atoms with Crippen LogP contribution in [0.4, 0.5) is 4.79 Å². The zero-order valence-electron chi connectivity index (χ0n) is 17.2. The van der Waals surface area contributed by atoms with Gasteiger partial charge in [0.05, 0.1) is 18.2 Å². The Morgan fingerprint density at radius 1 is 1.00 bits per heavy atom. The lowest BCUT2D eigenvalue weighted by Gasteiger charge is -2.29. The maximum Gasteiger partial charge on any atom is 0.338 e. The number of urea groups is 1. The Hall–Kier alpha value is -3.28. The zero-order chi connectivity index (χ0) is 21.0. The fourth-order valence-corrected chi connectivity index (χ4v) is 3.45. The van der Waals surface area contributed by atoms with E-state index in [-0.39, 0.29) is 12.6 Å². The van der Waals surface area contributed by atoms with Gasteiger partial charge in [0.2, 0.25) is 0 Å². The van der Waals surface area contributed by atoms with Gasteiger partial charge in [-0.05, 0) is 68.1 Å². The van der Waals surface area contributed by atoms with Crippen LogP contribution in [0.25, 0.3) is 0 Å². The van der Waals surface area contributed by atoms with Crippen molar-refractivity contribution < 1.29 is 19.1 Å². The van der Waals surface area contributed by atoms with Crippen LogP contribution in [0.5, 0.6) is 11.5 Å². The molecule has 2 N–H and O–H groups in total. The molecule has 1 aliphatic heterocycles. The third kappa shape index (κ3) is 4.77. The van der Waals surface area contributed by atoms with E-state index in [1.54, 1.807) is 6.92 Å². The summed E-state index contributed by atoms with van der Waals surface area (Å²) in [5.74, 6) is 1.01. The lowest BCUT2D eigenvalue weighted by atomic mass is 9.94. The third-order valence-electron chi connectivity index (χ3n) is 4.65. The Labute approximate surface area is 170 Å².